The zero-order valence-corrected chi connectivity index (χ0v) is 15.7. The first-order chi connectivity index (χ1) is 10.3. The van der Waals surface area contributed by atoms with Gasteiger partial charge in [0, 0.05) is 18.2 Å². The van der Waals surface area contributed by atoms with E-state index in [1.165, 1.54) is 26.4 Å². The highest BCUT2D eigenvalue weighted by Gasteiger charge is 2.32. The number of nitrogens with one attached hydrogen (secondary N) is 1. The molecule has 0 bridgehead atoms. The maximum Gasteiger partial charge on any atom is 0.244 e. The number of hydrogen-bond acceptors (Lipinski definition) is 5. The summed E-state index contributed by atoms with van der Waals surface area (Å²) in [7, 11) is -0.871. The normalized spacial score (nSPS) is 12.3. The summed E-state index contributed by atoms with van der Waals surface area (Å²) >= 11 is 3.30. The summed E-state index contributed by atoms with van der Waals surface area (Å²) in [6.45, 7) is 4.03. The van der Waals surface area contributed by atoms with Crippen molar-refractivity contribution in [1.29, 1.82) is 0 Å². The van der Waals surface area contributed by atoms with E-state index >= 15 is 0 Å². The lowest BCUT2D eigenvalue weighted by molar-refractivity contribution is 0.359. The minimum absolute atomic E-state index is 0.0439. The molecule has 3 N–H and O–H groups in total. The maximum absolute atomic E-state index is 12.7. The van der Waals surface area contributed by atoms with E-state index in [9.17, 15) is 8.42 Å². The predicted octanol–water partition coefficient (Wildman–Crippen LogP) is 2.26. The van der Waals surface area contributed by atoms with Crippen molar-refractivity contribution >= 4 is 26.0 Å². The summed E-state index contributed by atoms with van der Waals surface area (Å²) in [6, 6.07) is 2.99. The van der Waals surface area contributed by atoms with Crippen molar-refractivity contribution in [2.75, 3.05) is 20.8 Å². The average Bonchev–Trinajstić information content (AvgIpc) is 2.52. The predicted molar refractivity (Wildman–Crippen MR) is 89.9 cm³/mol. The van der Waals surface area contributed by atoms with Crippen molar-refractivity contribution in [3.63, 3.8) is 0 Å². The molecular formula is C14H23BrN2O4S. The van der Waals surface area contributed by atoms with Gasteiger partial charge in [-0.25, -0.2) is 13.1 Å². The molecule has 0 aliphatic heterocycles. The quantitative estimate of drug-likeness (QED) is 0.705. The van der Waals surface area contributed by atoms with Crippen LogP contribution in [0.3, 0.4) is 0 Å². The van der Waals surface area contributed by atoms with Gasteiger partial charge in [-0.2, -0.15) is 0 Å². The Morgan fingerprint density at radius 1 is 1.18 bits per heavy atom. The molecule has 0 aliphatic carbocycles. The molecule has 6 nitrogen and oxygen atoms in total. The van der Waals surface area contributed by atoms with Crippen LogP contribution in [0.4, 0.5) is 0 Å². The number of halogens is 1. The van der Waals surface area contributed by atoms with E-state index in [1.54, 1.807) is 0 Å². The van der Waals surface area contributed by atoms with Gasteiger partial charge in [-0.3, -0.25) is 0 Å². The molecule has 1 aromatic rings. The smallest absolute Gasteiger partial charge is 0.244 e. The fourth-order valence-electron chi connectivity index (χ4n) is 2.11. The SMILES string of the molecule is CCC(CC)(CN)NS(=O)(=O)c1cc(Br)c(OC)cc1OC. The van der Waals surface area contributed by atoms with Gasteiger partial charge in [0.05, 0.1) is 18.7 Å². The third-order valence-electron chi connectivity index (χ3n) is 3.82. The molecule has 0 fully saturated rings. The zero-order chi connectivity index (χ0) is 17.0. The number of benzene rings is 1. The van der Waals surface area contributed by atoms with Crippen LogP contribution in [0.15, 0.2) is 21.5 Å². The van der Waals surface area contributed by atoms with Gasteiger partial charge in [0.2, 0.25) is 10.0 Å². The summed E-state index contributed by atoms with van der Waals surface area (Å²) < 4.78 is 39.1. The van der Waals surface area contributed by atoms with Gasteiger partial charge in [-0.1, -0.05) is 13.8 Å². The molecule has 1 aromatic carbocycles. The molecule has 0 saturated heterocycles. The van der Waals surface area contributed by atoms with Crippen LogP contribution < -0.4 is 19.9 Å². The summed E-state index contributed by atoms with van der Waals surface area (Å²) in [5.74, 6) is 0.706. The molecule has 0 radical (unpaired) electrons. The minimum atomic E-state index is -3.79. The molecule has 0 saturated carbocycles. The van der Waals surface area contributed by atoms with Crippen LogP contribution in [-0.4, -0.2) is 34.7 Å². The largest absolute Gasteiger partial charge is 0.495 e. The second-order valence-electron chi connectivity index (χ2n) is 4.93. The van der Waals surface area contributed by atoms with Crippen LogP contribution in [0.1, 0.15) is 26.7 Å². The van der Waals surface area contributed by atoms with E-state index in [0.717, 1.165) is 0 Å². The first kappa shape index (κ1) is 19.2. The van der Waals surface area contributed by atoms with Crippen molar-refractivity contribution in [1.82, 2.24) is 4.72 Å². The number of methoxy groups -OCH3 is 2. The van der Waals surface area contributed by atoms with E-state index in [2.05, 4.69) is 20.7 Å². The Labute approximate surface area is 140 Å². The van der Waals surface area contributed by atoms with Crippen LogP contribution in [0.5, 0.6) is 11.5 Å². The van der Waals surface area contributed by atoms with E-state index in [-0.39, 0.29) is 17.2 Å². The standard InChI is InChI=1S/C14H23BrN2O4S/c1-5-14(6-2,9-16)17-22(18,19)13-7-10(15)11(20-3)8-12(13)21-4/h7-8,17H,5-6,9,16H2,1-4H3. The summed E-state index contributed by atoms with van der Waals surface area (Å²) in [5.41, 5.74) is 5.10. The van der Waals surface area contributed by atoms with Gasteiger partial charge >= 0.3 is 0 Å². The molecular weight excluding hydrogens is 372 g/mol. The van der Waals surface area contributed by atoms with Crippen molar-refractivity contribution < 1.29 is 17.9 Å². The summed E-state index contributed by atoms with van der Waals surface area (Å²) in [4.78, 5) is 0.0439. The highest BCUT2D eigenvalue weighted by molar-refractivity contribution is 9.10. The highest BCUT2D eigenvalue weighted by Crippen LogP contribution is 2.35. The zero-order valence-electron chi connectivity index (χ0n) is 13.3. The molecule has 22 heavy (non-hydrogen) atoms. The van der Waals surface area contributed by atoms with E-state index < -0.39 is 15.6 Å². The minimum Gasteiger partial charge on any atom is -0.495 e. The van der Waals surface area contributed by atoms with Crippen LogP contribution in [0, 0.1) is 0 Å². The van der Waals surface area contributed by atoms with E-state index in [4.69, 9.17) is 15.2 Å². The van der Waals surface area contributed by atoms with Gasteiger partial charge in [0.15, 0.2) is 0 Å². The van der Waals surface area contributed by atoms with Gasteiger partial charge in [-0.05, 0) is 34.8 Å². The fraction of sp³-hybridized carbons (Fsp3) is 0.571. The second-order valence-corrected chi connectivity index (χ2v) is 7.44. The Kier molecular flexibility index (Phi) is 6.66. The van der Waals surface area contributed by atoms with Crippen molar-refractivity contribution in [2.24, 2.45) is 5.73 Å². The van der Waals surface area contributed by atoms with Gasteiger partial charge in [0.25, 0.3) is 0 Å². The lowest BCUT2D eigenvalue weighted by Crippen LogP contribution is -2.52. The summed E-state index contributed by atoms with van der Waals surface area (Å²) in [5, 5.41) is 0. The molecule has 0 atom stereocenters. The molecule has 0 heterocycles. The highest BCUT2D eigenvalue weighted by atomic mass is 79.9. The van der Waals surface area contributed by atoms with Crippen LogP contribution in [-0.2, 0) is 10.0 Å². The first-order valence-corrected chi connectivity index (χ1v) is 9.22. The molecule has 0 amide bonds. The average molecular weight is 395 g/mol. The topological polar surface area (TPSA) is 90.7 Å². The van der Waals surface area contributed by atoms with Crippen molar-refractivity contribution in [3.8, 4) is 11.5 Å². The molecule has 8 heteroatoms. The lowest BCUT2D eigenvalue weighted by atomic mass is 9.95. The van der Waals surface area contributed by atoms with Gasteiger partial charge in [-0.15, -0.1) is 0 Å². The lowest BCUT2D eigenvalue weighted by Gasteiger charge is -2.31. The summed E-state index contributed by atoms with van der Waals surface area (Å²) in [6.07, 6.45) is 1.19. The van der Waals surface area contributed by atoms with Gasteiger partial charge < -0.3 is 15.2 Å². The van der Waals surface area contributed by atoms with E-state index in [0.29, 0.717) is 23.1 Å². The van der Waals surface area contributed by atoms with Crippen molar-refractivity contribution in [2.45, 2.75) is 37.1 Å². The number of sulfonamides is 1. The van der Waals surface area contributed by atoms with Crippen molar-refractivity contribution in [3.05, 3.63) is 16.6 Å². The maximum atomic E-state index is 12.7. The molecule has 126 valence electrons. The number of nitrogens with two attached hydrogens (primary N) is 1. The third-order valence-corrected chi connectivity index (χ3v) is 6.04. The first-order valence-electron chi connectivity index (χ1n) is 6.94. The number of ether oxygens (including phenoxy) is 2. The Morgan fingerprint density at radius 2 is 1.73 bits per heavy atom. The Hall–Kier alpha value is -0.830. The Balaban J connectivity index is 3.37. The van der Waals surface area contributed by atoms with Crippen LogP contribution in [0.25, 0.3) is 0 Å². The fourth-order valence-corrected chi connectivity index (χ4v) is 4.50. The Morgan fingerprint density at radius 3 is 2.14 bits per heavy atom. The molecule has 0 spiro atoms. The Bertz CT molecular complexity index is 607. The number of rotatable bonds is 8. The molecule has 0 aromatic heterocycles. The molecule has 1 rings (SSSR count). The van der Waals surface area contributed by atoms with Crippen LogP contribution >= 0.6 is 15.9 Å². The monoisotopic (exact) mass is 394 g/mol. The van der Waals surface area contributed by atoms with Crippen LogP contribution in [0.2, 0.25) is 0 Å². The second kappa shape index (κ2) is 7.63. The molecule has 0 unspecified atom stereocenters. The van der Waals surface area contributed by atoms with E-state index in [1.807, 2.05) is 13.8 Å². The van der Waals surface area contributed by atoms with Gasteiger partial charge in [0.1, 0.15) is 16.4 Å². The third kappa shape index (κ3) is 3.92. The number of hydrogen-bond donors (Lipinski definition) is 2. The molecule has 0 aliphatic rings.